The smallest absolute Gasteiger partial charge is 0.163 e. The first kappa shape index (κ1) is 16.2. The molecule has 1 aliphatic heterocycles. The maximum absolute atomic E-state index is 6.18. The molecule has 128 valence electrons. The van der Waals surface area contributed by atoms with Crippen molar-refractivity contribution in [2.75, 3.05) is 36.1 Å². The van der Waals surface area contributed by atoms with E-state index in [1.54, 1.807) is 0 Å². The molecule has 0 unspecified atom stereocenters. The number of benzene rings is 1. The quantitative estimate of drug-likeness (QED) is 0.750. The van der Waals surface area contributed by atoms with Crippen molar-refractivity contribution in [2.24, 2.45) is 5.92 Å². The van der Waals surface area contributed by atoms with Gasteiger partial charge in [-0.15, -0.1) is 0 Å². The summed E-state index contributed by atoms with van der Waals surface area (Å²) >= 11 is 0. The first-order chi connectivity index (χ1) is 11.6. The molecule has 0 bridgehead atoms. The van der Waals surface area contributed by atoms with E-state index in [1.807, 2.05) is 18.2 Å². The number of fused-ring (bicyclic) bond motifs is 1. The highest BCUT2D eigenvalue weighted by molar-refractivity contribution is 5.78. The Labute approximate surface area is 141 Å². The Bertz CT molecular complexity index is 705. The number of ether oxygens (including phenoxy) is 2. The van der Waals surface area contributed by atoms with Gasteiger partial charge in [0.2, 0.25) is 0 Å². The van der Waals surface area contributed by atoms with Gasteiger partial charge in [-0.25, -0.2) is 9.97 Å². The van der Waals surface area contributed by atoms with Crippen LogP contribution in [0.25, 0.3) is 0 Å². The van der Waals surface area contributed by atoms with Crippen molar-refractivity contribution in [3.05, 3.63) is 24.5 Å². The number of nitrogens with zero attached hydrogens (tertiary/aromatic N) is 2. The zero-order chi connectivity index (χ0) is 16.9. The molecular formula is C17H23N5O2. The minimum Gasteiger partial charge on any atom is -0.486 e. The number of rotatable bonds is 6. The van der Waals surface area contributed by atoms with E-state index < -0.39 is 0 Å². The van der Waals surface area contributed by atoms with Crippen LogP contribution in [0, 0.1) is 5.92 Å². The lowest BCUT2D eigenvalue weighted by Crippen LogP contribution is -2.15. The minimum absolute atomic E-state index is 0.496. The van der Waals surface area contributed by atoms with E-state index in [9.17, 15) is 0 Å². The van der Waals surface area contributed by atoms with Crippen molar-refractivity contribution in [1.29, 1.82) is 0 Å². The predicted octanol–water partition coefficient (Wildman–Crippen LogP) is 3.03. The van der Waals surface area contributed by atoms with Crippen LogP contribution in [-0.2, 0) is 0 Å². The number of anilines is 4. The van der Waals surface area contributed by atoms with Crippen LogP contribution in [-0.4, -0.2) is 29.7 Å². The molecule has 1 aromatic heterocycles. The van der Waals surface area contributed by atoms with Gasteiger partial charge < -0.3 is 25.8 Å². The Kier molecular flexibility index (Phi) is 4.88. The normalized spacial score (nSPS) is 13.0. The highest BCUT2D eigenvalue weighted by Crippen LogP contribution is 2.34. The van der Waals surface area contributed by atoms with Crippen LogP contribution >= 0.6 is 0 Å². The van der Waals surface area contributed by atoms with Crippen molar-refractivity contribution in [2.45, 2.75) is 20.3 Å². The summed E-state index contributed by atoms with van der Waals surface area (Å²) in [7, 11) is 0. The van der Waals surface area contributed by atoms with Crippen LogP contribution in [0.4, 0.5) is 23.0 Å². The van der Waals surface area contributed by atoms with Crippen LogP contribution in [0.3, 0.4) is 0 Å². The average Bonchev–Trinajstić information content (AvgIpc) is 2.58. The summed E-state index contributed by atoms with van der Waals surface area (Å²) in [6.07, 6.45) is 2.54. The summed E-state index contributed by atoms with van der Waals surface area (Å²) in [5, 5.41) is 6.47. The van der Waals surface area contributed by atoms with E-state index in [0.29, 0.717) is 42.2 Å². The van der Waals surface area contributed by atoms with Gasteiger partial charge in [-0.2, -0.15) is 0 Å². The second-order valence-corrected chi connectivity index (χ2v) is 6.08. The molecule has 24 heavy (non-hydrogen) atoms. The van der Waals surface area contributed by atoms with Gasteiger partial charge >= 0.3 is 0 Å². The molecule has 7 heteroatoms. The van der Waals surface area contributed by atoms with Crippen molar-refractivity contribution < 1.29 is 9.47 Å². The number of nitrogens with two attached hydrogens (primary N) is 1. The second-order valence-electron chi connectivity index (χ2n) is 6.08. The molecule has 2 aromatic rings. The van der Waals surface area contributed by atoms with Crippen LogP contribution in [0.2, 0.25) is 0 Å². The summed E-state index contributed by atoms with van der Waals surface area (Å²) in [4.78, 5) is 8.45. The minimum atomic E-state index is 0.496. The largest absolute Gasteiger partial charge is 0.486 e. The second kappa shape index (κ2) is 7.25. The van der Waals surface area contributed by atoms with Gasteiger partial charge in [0.25, 0.3) is 0 Å². The third-order valence-electron chi connectivity index (χ3n) is 3.70. The standard InChI is InChI=1S/C17H23N5O2/c1-11(2)5-6-19-16-15(18)17(21-10-20-16)22-12-3-4-13-14(9-12)24-8-7-23-13/h3-4,9-11H,5-8,18H2,1-2H3,(H2,19,20,21,22). The molecule has 0 radical (unpaired) electrons. The lowest BCUT2D eigenvalue weighted by atomic mass is 10.1. The summed E-state index contributed by atoms with van der Waals surface area (Å²) in [5.74, 6) is 3.29. The molecule has 7 nitrogen and oxygen atoms in total. The number of hydrogen-bond donors (Lipinski definition) is 3. The molecule has 0 saturated carbocycles. The number of aromatic nitrogens is 2. The first-order valence-corrected chi connectivity index (χ1v) is 8.14. The van der Waals surface area contributed by atoms with Crippen molar-refractivity contribution in [3.63, 3.8) is 0 Å². The number of nitrogens with one attached hydrogen (secondary N) is 2. The topological polar surface area (TPSA) is 94.3 Å². The van der Waals surface area contributed by atoms with Crippen LogP contribution in [0.1, 0.15) is 20.3 Å². The van der Waals surface area contributed by atoms with Gasteiger partial charge in [-0.1, -0.05) is 13.8 Å². The number of hydrogen-bond acceptors (Lipinski definition) is 7. The van der Waals surface area contributed by atoms with Crippen LogP contribution in [0.15, 0.2) is 24.5 Å². The summed E-state index contributed by atoms with van der Waals surface area (Å²) in [6.45, 7) is 6.31. The molecule has 3 rings (SSSR count). The van der Waals surface area contributed by atoms with Gasteiger partial charge in [-0.3, -0.25) is 0 Å². The molecule has 0 spiro atoms. The van der Waals surface area contributed by atoms with E-state index in [0.717, 1.165) is 24.4 Å². The fraction of sp³-hybridized carbons (Fsp3) is 0.412. The van der Waals surface area contributed by atoms with Gasteiger partial charge in [0.15, 0.2) is 23.1 Å². The molecule has 0 amide bonds. The Morgan fingerprint density at radius 3 is 2.67 bits per heavy atom. The molecule has 0 fully saturated rings. The first-order valence-electron chi connectivity index (χ1n) is 8.14. The highest BCUT2D eigenvalue weighted by Gasteiger charge is 2.13. The van der Waals surface area contributed by atoms with E-state index in [1.165, 1.54) is 6.33 Å². The highest BCUT2D eigenvalue weighted by atomic mass is 16.6. The maximum Gasteiger partial charge on any atom is 0.163 e. The van der Waals surface area contributed by atoms with E-state index >= 15 is 0 Å². The average molecular weight is 329 g/mol. The van der Waals surface area contributed by atoms with Crippen molar-refractivity contribution in [3.8, 4) is 11.5 Å². The van der Waals surface area contributed by atoms with Gasteiger partial charge in [-0.05, 0) is 24.5 Å². The van der Waals surface area contributed by atoms with E-state index in [-0.39, 0.29) is 0 Å². The zero-order valence-electron chi connectivity index (χ0n) is 14.0. The van der Waals surface area contributed by atoms with Crippen molar-refractivity contribution in [1.82, 2.24) is 9.97 Å². The lowest BCUT2D eigenvalue weighted by molar-refractivity contribution is 0.171. The molecule has 0 saturated heterocycles. The molecule has 1 aromatic carbocycles. The SMILES string of the molecule is CC(C)CCNc1ncnc(Nc2ccc3c(c2)OCCO3)c1N. The third-order valence-corrected chi connectivity index (χ3v) is 3.70. The lowest BCUT2D eigenvalue weighted by Gasteiger charge is -2.19. The van der Waals surface area contributed by atoms with Crippen LogP contribution in [0.5, 0.6) is 11.5 Å². The van der Waals surface area contributed by atoms with Crippen LogP contribution < -0.4 is 25.8 Å². The Morgan fingerprint density at radius 1 is 1.12 bits per heavy atom. The molecule has 1 aliphatic rings. The molecule has 0 atom stereocenters. The predicted molar refractivity (Wildman–Crippen MR) is 95.1 cm³/mol. The zero-order valence-corrected chi connectivity index (χ0v) is 14.0. The summed E-state index contributed by atoms with van der Waals surface area (Å²) in [6, 6.07) is 5.65. The fourth-order valence-corrected chi connectivity index (χ4v) is 2.37. The monoisotopic (exact) mass is 329 g/mol. The summed E-state index contributed by atoms with van der Waals surface area (Å²) < 4.78 is 11.1. The molecule has 4 N–H and O–H groups in total. The van der Waals surface area contributed by atoms with Gasteiger partial charge in [0.1, 0.15) is 25.2 Å². The van der Waals surface area contributed by atoms with Crippen molar-refractivity contribution >= 4 is 23.0 Å². The van der Waals surface area contributed by atoms with E-state index in [4.69, 9.17) is 15.2 Å². The molecule has 2 heterocycles. The molecular weight excluding hydrogens is 306 g/mol. The maximum atomic E-state index is 6.18. The van der Waals surface area contributed by atoms with Gasteiger partial charge in [0, 0.05) is 18.3 Å². The Balaban J connectivity index is 1.73. The van der Waals surface area contributed by atoms with E-state index in [2.05, 4.69) is 34.4 Å². The summed E-state index contributed by atoms with van der Waals surface area (Å²) in [5.41, 5.74) is 7.51. The number of nitrogen functional groups attached to an aromatic ring is 1. The third kappa shape index (κ3) is 3.79. The Hall–Kier alpha value is -2.70. The van der Waals surface area contributed by atoms with Gasteiger partial charge in [0.05, 0.1) is 0 Å². The molecule has 0 aliphatic carbocycles. The Morgan fingerprint density at radius 2 is 1.88 bits per heavy atom. The fourth-order valence-electron chi connectivity index (χ4n) is 2.37.